The molecule has 4 heterocycles. The van der Waals surface area contributed by atoms with Gasteiger partial charge in [-0.05, 0) is 62.0 Å². The van der Waals surface area contributed by atoms with Crippen LogP contribution in [0.4, 0.5) is 0 Å². The second-order valence-electron chi connectivity index (χ2n) is 9.24. The Balaban J connectivity index is 1.03. The summed E-state index contributed by atoms with van der Waals surface area (Å²) in [5.74, 6) is 1.00. The molecule has 2 fully saturated rings. The zero-order valence-electron chi connectivity index (χ0n) is 18.4. The molecule has 168 valence electrons. The predicted molar refractivity (Wildman–Crippen MR) is 123 cm³/mol. The number of aromatic amines is 1. The number of carbonyl (C=O) groups is 1. The molecule has 0 radical (unpaired) electrons. The zero-order chi connectivity index (χ0) is 21.8. The van der Waals surface area contributed by atoms with E-state index in [0.717, 1.165) is 67.9 Å². The summed E-state index contributed by atoms with van der Waals surface area (Å²) in [6.45, 7) is 3.81. The number of carbonyl (C=O) groups excluding carboxylic acids is 1. The average molecular weight is 434 g/mol. The molecule has 1 spiro atoms. The van der Waals surface area contributed by atoms with Gasteiger partial charge in [0.25, 0.3) is 0 Å². The van der Waals surface area contributed by atoms with Gasteiger partial charge in [-0.1, -0.05) is 18.2 Å². The van der Waals surface area contributed by atoms with E-state index in [1.807, 2.05) is 42.6 Å². The van der Waals surface area contributed by atoms with Gasteiger partial charge in [-0.25, -0.2) is 4.98 Å². The van der Waals surface area contributed by atoms with Gasteiger partial charge in [-0.3, -0.25) is 14.7 Å². The van der Waals surface area contributed by atoms with Crippen molar-refractivity contribution in [3.63, 3.8) is 0 Å². The Bertz CT molecular complexity index is 1010. The summed E-state index contributed by atoms with van der Waals surface area (Å²) in [7, 11) is 0. The SMILES string of the molecule is O=C(CN1CCC2(CC1)CO[C@H](Cc1ccccn1)C2)NCCc1nc2ccccc2[nH]1. The van der Waals surface area contributed by atoms with Gasteiger partial charge in [-0.15, -0.1) is 0 Å². The van der Waals surface area contributed by atoms with Gasteiger partial charge in [0.05, 0.1) is 30.3 Å². The average Bonchev–Trinajstić information content (AvgIpc) is 3.40. The Labute approximate surface area is 188 Å². The lowest BCUT2D eigenvalue weighted by Gasteiger charge is -2.38. The van der Waals surface area contributed by atoms with Crippen LogP contribution in [0, 0.1) is 5.41 Å². The van der Waals surface area contributed by atoms with Gasteiger partial charge in [0.15, 0.2) is 0 Å². The molecular formula is C25H31N5O2. The van der Waals surface area contributed by atoms with Crippen molar-refractivity contribution < 1.29 is 9.53 Å². The van der Waals surface area contributed by atoms with E-state index in [2.05, 4.69) is 31.2 Å². The zero-order valence-corrected chi connectivity index (χ0v) is 18.4. The van der Waals surface area contributed by atoms with E-state index in [1.54, 1.807) is 0 Å². The number of hydrogen-bond donors (Lipinski definition) is 2. The minimum absolute atomic E-state index is 0.0905. The second-order valence-corrected chi connectivity index (χ2v) is 9.24. The summed E-state index contributed by atoms with van der Waals surface area (Å²) in [5, 5.41) is 3.05. The molecule has 1 amide bonds. The molecule has 2 aliphatic heterocycles. The molecule has 0 saturated carbocycles. The summed E-state index contributed by atoms with van der Waals surface area (Å²) in [6, 6.07) is 14.0. The molecule has 7 nitrogen and oxygen atoms in total. The van der Waals surface area contributed by atoms with Crippen molar-refractivity contribution in [1.82, 2.24) is 25.2 Å². The van der Waals surface area contributed by atoms with E-state index in [4.69, 9.17) is 4.74 Å². The topological polar surface area (TPSA) is 83.1 Å². The third-order valence-corrected chi connectivity index (χ3v) is 6.86. The monoisotopic (exact) mass is 433 g/mol. The van der Waals surface area contributed by atoms with Gasteiger partial charge in [0.2, 0.25) is 5.91 Å². The van der Waals surface area contributed by atoms with Crippen LogP contribution in [-0.2, 0) is 22.4 Å². The van der Waals surface area contributed by atoms with Gasteiger partial charge in [0, 0.05) is 31.3 Å². The van der Waals surface area contributed by atoms with Gasteiger partial charge < -0.3 is 15.0 Å². The molecule has 0 unspecified atom stereocenters. The van der Waals surface area contributed by atoms with Crippen LogP contribution >= 0.6 is 0 Å². The van der Waals surface area contributed by atoms with E-state index in [1.165, 1.54) is 0 Å². The van der Waals surface area contributed by atoms with Crippen LogP contribution in [0.15, 0.2) is 48.7 Å². The number of amides is 1. The number of fused-ring (bicyclic) bond motifs is 1. The third kappa shape index (κ3) is 5.00. The van der Waals surface area contributed by atoms with Crippen molar-refractivity contribution >= 4 is 16.9 Å². The molecule has 32 heavy (non-hydrogen) atoms. The maximum absolute atomic E-state index is 12.4. The van der Waals surface area contributed by atoms with Crippen molar-refractivity contribution in [2.75, 3.05) is 32.8 Å². The number of imidazole rings is 1. The van der Waals surface area contributed by atoms with Crippen LogP contribution in [-0.4, -0.2) is 64.6 Å². The molecule has 5 rings (SSSR count). The van der Waals surface area contributed by atoms with E-state index < -0.39 is 0 Å². The number of aromatic nitrogens is 3. The van der Waals surface area contributed by atoms with E-state index in [0.29, 0.717) is 19.5 Å². The highest BCUT2D eigenvalue weighted by molar-refractivity contribution is 5.78. The molecule has 2 N–H and O–H groups in total. The van der Waals surface area contributed by atoms with Crippen LogP contribution in [0.3, 0.4) is 0 Å². The lowest BCUT2D eigenvalue weighted by Crippen LogP contribution is -2.45. The Hall–Kier alpha value is -2.77. The number of nitrogens with one attached hydrogen (secondary N) is 2. The number of ether oxygens (including phenoxy) is 1. The van der Waals surface area contributed by atoms with E-state index in [9.17, 15) is 4.79 Å². The minimum Gasteiger partial charge on any atom is -0.377 e. The van der Waals surface area contributed by atoms with Crippen LogP contribution in [0.1, 0.15) is 30.8 Å². The number of para-hydroxylation sites is 2. The van der Waals surface area contributed by atoms with Crippen molar-refractivity contribution in [3.8, 4) is 0 Å². The predicted octanol–water partition coefficient (Wildman–Crippen LogP) is 2.73. The molecule has 0 bridgehead atoms. The van der Waals surface area contributed by atoms with Gasteiger partial charge in [0.1, 0.15) is 5.82 Å². The molecule has 1 aromatic carbocycles. The Morgan fingerprint density at radius 2 is 2.03 bits per heavy atom. The quantitative estimate of drug-likeness (QED) is 0.599. The summed E-state index contributed by atoms with van der Waals surface area (Å²) in [4.78, 5) is 27.0. The lowest BCUT2D eigenvalue weighted by atomic mass is 9.76. The van der Waals surface area contributed by atoms with Crippen molar-refractivity contribution in [2.24, 2.45) is 5.41 Å². The smallest absolute Gasteiger partial charge is 0.234 e. The van der Waals surface area contributed by atoms with Gasteiger partial charge >= 0.3 is 0 Å². The number of hydrogen-bond acceptors (Lipinski definition) is 5. The first-order chi connectivity index (χ1) is 15.7. The molecule has 0 aliphatic carbocycles. The molecule has 2 saturated heterocycles. The fourth-order valence-electron chi connectivity index (χ4n) is 5.02. The highest BCUT2D eigenvalue weighted by Gasteiger charge is 2.42. The van der Waals surface area contributed by atoms with Gasteiger partial charge in [-0.2, -0.15) is 0 Å². The molecule has 3 aromatic rings. The summed E-state index contributed by atoms with van der Waals surface area (Å²) in [6.07, 6.45) is 6.99. The molecule has 7 heteroatoms. The number of likely N-dealkylation sites (tertiary alicyclic amines) is 1. The van der Waals surface area contributed by atoms with Crippen LogP contribution in [0.5, 0.6) is 0 Å². The molecule has 2 aromatic heterocycles. The summed E-state index contributed by atoms with van der Waals surface area (Å²) >= 11 is 0. The van der Waals surface area contributed by atoms with Crippen molar-refractivity contribution in [2.45, 2.75) is 38.2 Å². The molecule has 1 atom stereocenters. The first-order valence-electron chi connectivity index (χ1n) is 11.6. The van der Waals surface area contributed by atoms with Crippen LogP contribution < -0.4 is 5.32 Å². The molecular weight excluding hydrogens is 402 g/mol. The third-order valence-electron chi connectivity index (χ3n) is 6.86. The number of pyridine rings is 1. The fraction of sp³-hybridized carbons (Fsp3) is 0.480. The first kappa shape index (κ1) is 21.1. The largest absolute Gasteiger partial charge is 0.377 e. The highest BCUT2D eigenvalue weighted by Crippen LogP contribution is 2.42. The minimum atomic E-state index is 0.0905. The summed E-state index contributed by atoms with van der Waals surface area (Å²) < 4.78 is 6.14. The van der Waals surface area contributed by atoms with Crippen molar-refractivity contribution in [3.05, 3.63) is 60.2 Å². The van der Waals surface area contributed by atoms with Crippen LogP contribution in [0.2, 0.25) is 0 Å². The first-order valence-corrected chi connectivity index (χ1v) is 11.6. The standard InChI is InChI=1S/C25H31N5O2/c31-24(27-12-8-23-28-21-6-1-2-7-22(21)29-23)17-30-13-9-25(10-14-30)16-20(32-18-25)15-19-5-3-4-11-26-19/h1-7,11,20H,8-10,12-18H2,(H,27,31)(H,28,29)/t20-/m1/s1. The Morgan fingerprint density at radius 1 is 1.19 bits per heavy atom. The fourth-order valence-corrected chi connectivity index (χ4v) is 5.02. The number of H-pyrrole nitrogens is 1. The highest BCUT2D eigenvalue weighted by atomic mass is 16.5. The van der Waals surface area contributed by atoms with Crippen LogP contribution in [0.25, 0.3) is 11.0 Å². The van der Waals surface area contributed by atoms with Crippen molar-refractivity contribution in [1.29, 1.82) is 0 Å². The summed E-state index contributed by atoms with van der Waals surface area (Å²) in [5.41, 5.74) is 3.38. The Morgan fingerprint density at radius 3 is 2.84 bits per heavy atom. The number of nitrogens with zero attached hydrogens (tertiary/aromatic N) is 3. The number of rotatable bonds is 7. The molecule has 2 aliphatic rings. The normalized spacial score (nSPS) is 20.7. The lowest BCUT2D eigenvalue weighted by molar-refractivity contribution is -0.122. The maximum atomic E-state index is 12.4. The van der Waals surface area contributed by atoms with E-state index in [-0.39, 0.29) is 17.4 Å². The number of benzene rings is 1. The Kier molecular flexibility index (Phi) is 6.19. The maximum Gasteiger partial charge on any atom is 0.234 e. The van der Waals surface area contributed by atoms with E-state index >= 15 is 0 Å². The number of piperidine rings is 1. The second kappa shape index (κ2) is 9.38.